The van der Waals surface area contributed by atoms with Crippen LogP contribution in [0.15, 0.2) is 30.3 Å². The number of benzene rings is 1. The first-order chi connectivity index (χ1) is 10.5. The molecule has 114 valence electrons. The van der Waals surface area contributed by atoms with E-state index >= 15 is 0 Å². The Balaban J connectivity index is 1.76. The van der Waals surface area contributed by atoms with Crippen molar-refractivity contribution in [2.45, 2.75) is 37.5 Å². The van der Waals surface area contributed by atoms with Crippen LogP contribution in [0.2, 0.25) is 0 Å². The van der Waals surface area contributed by atoms with E-state index in [0.29, 0.717) is 23.1 Å². The van der Waals surface area contributed by atoms with Crippen molar-refractivity contribution in [1.29, 1.82) is 0 Å². The molecule has 0 saturated heterocycles. The van der Waals surface area contributed by atoms with Gasteiger partial charge in [-0.3, -0.25) is 0 Å². The van der Waals surface area contributed by atoms with Crippen LogP contribution in [0.25, 0.3) is 11.3 Å². The van der Waals surface area contributed by atoms with Crippen molar-refractivity contribution in [3.05, 3.63) is 41.6 Å². The van der Waals surface area contributed by atoms with Crippen molar-refractivity contribution in [2.24, 2.45) is 0 Å². The smallest absolute Gasteiger partial charge is 0.405 e. The van der Waals surface area contributed by atoms with Gasteiger partial charge in [-0.25, -0.2) is 0 Å². The Hall–Kier alpha value is -2.11. The van der Waals surface area contributed by atoms with Gasteiger partial charge in [-0.2, -0.15) is 10.2 Å². The second-order valence-corrected chi connectivity index (χ2v) is 5.82. The lowest BCUT2D eigenvalue weighted by Gasteiger charge is -2.16. The predicted octanol–water partition coefficient (Wildman–Crippen LogP) is 4.41. The number of para-hydroxylation sites is 1. The Labute approximate surface area is 125 Å². The number of aromatic nitrogens is 2. The molecule has 0 N–H and O–H groups in total. The minimum Gasteiger partial charge on any atom is -0.405 e. The zero-order valence-corrected chi connectivity index (χ0v) is 11.6. The van der Waals surface area contributed by atoms with Gasteiger partial charge >= 0.3 is 6.36 Å². The molecule has 0 aliphatic heterocycles. The van der Waals surface area contributed by atoms with Crippen LogP contribution in [-0.4, -0.2) is 16.6 Å². The molecule has 0 radical (unpaired) electrons. The van der Waals surface area contributed by atoms with E-state index in [1.165, 1.54) is 12.1 Å². The zero-order chi connectivity index (χ0) is 15.3. The van der Waals surface area contributed by atoms with Gasteiger partial charge in [-0.15, -0.1) is 13.2 Å². The van der Waals surface area contributed by atoms with Crippen molar-refractivity contribution >= 4 is 0 Å². The maximum atomic E-state index is 12.5. The van der Waals surface area contributed by atoms with Crippen molar-refractivity contribution in [3.63, 3.8) is 0 Å². The Morgan fingerprint density at radius 2 is 1.82 bits per heavy atom. The molecule has 2 aliphatic rings. The molecule has 22 heavy (non-hydrogen) atoms. The first-order valence-corrected chi connectivity index (χ1v) is 7.24. The van der Waals surface area contributed by atoms with Crippen molar-refractivity contribution < 1.29 is 17.9 Å². The van der Waals surface area contributed by atoms with Gasteiger partial charge in [0.2, 0.25) is 0 Å². The molecule has 1 aromatic carbocycles. The number of hydrogen-bond acceptors (Lipinski definition) is 3. The van der Waals surface area contributed by atoms with Crippen LogP contribution >= 0.6 is 0 Å². The van der Waals surface area contributed by atoms with Crippen LogP contribution in [-0.2, 0) is 0 Å². The molecule has 0 spiro atoms. The van der Waals surface area contributed by atoms with E-state index in [2.05, 4.69) is 14.9 Å². The molecule has 2 aromatic rings. The van der Waals surface area contributed by atoms with E-state index in [1.807, 2.05) is 6.07 Å². The molecule has 2 aliphatic carbocycles. The normalized spacial score (nSPS) is 22.7. The summed E-state index contributed by atoms with van der Waals surface area (Å²) in [4.78, 5) is 0. The average Bonchev–Trinajstić information content (AvgIpc) is 3.07. The summed E-state index contributed by atoms with van der Waals surface area (Å²) in [7, 11) is 0. The van der Waals surface area contributed by atoms with Gasteiger partial charge in [-0.05, 0) is 48.9 Å². The minimum atomic E-state index is -4.72. The lowest BCUT2D eigenvalue weighted by Crippen LogP contribution is -2.17. The summed E-state index contributed by atoms with van der Waals surface area (Å²) in [5.41, 5.74) is 2.92. The fourth-order valence-electron chi connectivity index (χ4n) is 3.60. The van der Waals surface area contributed by atoms with Crippen LogP contribution in [0.3, 0.4) is 0 Å². The summed E-state index contributed by atoms with van der Waals surface area (Å²) >= 11 is 0. The number of rotatable bonds is 2. The monoisotopic (exact) mass is 306 g/mol. The van der Waals surface area contributed by atoms with E-state index in [4.69, 9.17) is 0 Å². The Bertz CT molecular complexity index is 730. The number of ether oxygens (including phenoxy) is 1. The summed E-state index contributed by atoms with van der Waals surface area (Å²) in [6.45, 7) is 0. The molecule has 4 rings (SSSR count). The van der Waals surface area contributed by atoms with Crippen LogP contribution < -0.4 is 4.74 Å². The van der Waals surface area contributed by atoms with E-state index in [9.17, 15) is 13.2 Å². The number of alkyl halides is 3. The van der Waals surface area contributed by atoms with Gasteiger partial charge in [0, 0.05) is 11.5 Å². The molecule has 1 saturated carbocycles. The number of fused-ring (bicyclic) bond motifs is 5. The highest BCUT2D eigenvalue weighted by Gasteiger charge is 2.39. The van der Waals surface area contributed by atoms with Gasteiger partial charge in [0.15, 0.2) is 0 Å². The minimum absolute atomic E-state index is 0.243. The first kappa shape index (κ1) is 13.5. The molecular weight excluding hydrogens is 293 g/mol. The second-order valence-electron chi connectivity index (χ2n) is 5.82. The van der Waals surface area contributed by atoms with E-state index < -0.39 is 6.36 Å². The van der Waals surface area contributed by atoms with Gasteiger partial charge in [-0.1, -0.05) is 12.1 Å². The first-order valence-electron chi connectivity index (χ1n) is 7.24. The summed E-state index contributed by atoms with van der Waals surface area (Å²) in [5.74, 6) is 0.709. The molecule has 0 amide bonds. The number of nitrogens with zero attached hydrogens (tertiary/aromatic N) is 2. The maximum Gasteiger partial charge on any atom is 0.573 e. The van der Waals surface area contributed by atoms with Crippen LogP contribution in [0.4, 0.5) is 13.2 Å². The Morgan fingerprint density at radius 3 is 2.64 bits per heavy atom. The van der Waals surface area contributed by atoms with Gasteiger partial charge in [0.25, 0.3) is 0 Å². The summed E-state index contributed by atoms with van der Waals surface area (Å²) < 4.78 is 41.7. The van der Waals surface area contributed by atoms with E-state index in [0.717, 1.165) is 30.5 Å². The summed E-state index contributed by atoms with van der Waals surface area (Å²) in [6, 6.07) is 7.92. The molecule has 6 heteroatoms. The topological polar surface area (TPSA) is 35.0 Å². The Morgan fingerprint density at radius 1 is 1.05 bits per heavy atom. The van der Waals surface area contributed by atoms with Crippen molar-refractivity contribution in [2.75, 3.05) is 0 Å². The van der Waals surface area contributed by atoms with Crippen LogP contribution in [0, 0.1) is 0 Å². The molecule has 2 unspecified atom stereocenters. The highest BCUT2D eigenvalue weighted by atomic mass is 19.4. The van der Waals surface area contributed by atoms with Crippen molar-refractivity contribution in [1.82, 2.24) is 10.2 Å². The number of halogens is 3. The predicted molar refractivity (Wildman–Crippen MR) is 73.5 cm³/mol. The SMILES string of the molecule is FC(F)(F)Oc1ccccc1-c1cc2c(nn1)C1CCC2C1. The third-order valence-corrected chi connectivity index (χ3v) is 4.50. The standard InChI is InChI=1S/C16H13F3N2O/c17-16(18,19)22-14-4-2-1-3-11(14)13-8-12-9-5-6-10(7-9)15(12)21-20-13/h1-4,8-10H,5-7H2. The molecule has 1 fully saturated rings. The van der Waals surface area contributed by atoms with E-state index in [-0.39, 0.29) is 5.75 Å². The number of hydrogen-bond donors (Lipinski definition) is 0. The van der Waals surface area contributed by atoms with E-state index in [1.54, 1.807) is 12.1 Å². The van der Waals surface area contributed by atoms with Crippen LogP contribution in [0.1, 0.15) is 42.4 Å². The fraction of sp³-hybridized carbons (Fsp3) is 0.375. The highest BCUT2D eigenvalue weighted by Crippen LogP contribution is 2.52. The Kier molecular flexibility index (Phi) is 2.89. The lowest BCUT2D eigenvalue weighted by atomic mass is 9.95. The van der Waals surface area contributed by atoms with Crippen LogP contribution in [0.5, 0.6) is 5.75 Å². The third-order valence-electron chi connectivity index (χ3n) is 4.50. The summed E-state index contributed by atoms with van der Waals surface area (Å²) in [5, 5.41) is 8.40. The third kappa shape index (κ3) is 2.23. The van der Waals surface area contributed by atoms with Gasteiger partial charge < -0.3 is 4.74 Å². The highest BCUT2D eigenvalue weighted by molar-refractivity contribution is 5.68. The molecule has 2 atom stereocenters. The molecular formula is C16H13F3N2O. The second kappa shape index (κ2) is 4.69. The molecule has 2 bridgehead atoms. The fourth-order valence-corrected chi connectivity index (χ4v) is 3.60. The quantitative estimate of drug-likeness (QED) is 0.824. The average molecular weight is 306 g/mol. The van der Waals surface area contributed by atoms with Gasteiger partial charge in [0.1, 0.15) is 5.75 Å². The zero-order valence-electron chi connectivity index (χ0n) is 11.6. The van der Waals surface area contributed by atoms with Crippen molar-refractivity contribution in [3.8, 4) is 17.0 Å². The molecule has 1 heterocycles. The van der Waals surface area contributed by atoms with Gasteiger partial charge in [0.05, 0.1) is 11.4 Å². The largest absolute Gasteiger partial charge is 0.573 e. The summed E-state index contributed by atoms with van der Waals surface area (Å²) in [6.07, 6.45) is -1.36. The molecule has 3 nitrogen and oxygen atoms in total. The lowest BCUT2D eigenvalue weighted by molar-refractivity contribution is -0.274. The molecule has 1 aromatic heterocycles. The maximum absolute atomic E-state index is 12.5.